The fourth-order valence-corrected chi connectivity index (χ4v) is 2.23. The maximum atomic E-state index is 5.65. The topological polar surface area (TPSA) is 36.9 Å². The third-order valence-electron chi connectivity index (χ3n) is 3.08. The molecule has 0 radical (unpaired) electrons. The molecule has 1 aliphatic heterocycles. The minimum Gasteiger partial charge on any atom is -0.374 e. The summed E-state index contributed by atoms with van der Waals surface area (Å²) in [7, 11) is 0. The van der Waals surface area contributed by atoms with Crippen LogP contribution < -0.4 is 5.43 Å². The van der Waals surface area contributed by atoms with Gasteiger partial charge in [-0.25, -0.2) is 0 Å². The van der Waals surface area contributed by atoms with Crippen molar-refractivity contribution in [2.45, 2.75) is 37.8 Å². The molecule has 0 aromatic heterocycles. The van der Waals surface area contributed by atoms with Gasteiger partial charge in [0.2, 0.25) is 0 Å². The second-order valence-corrected chi connectivity index (χ2v) is 4.10. The first-order valence-electron chi connectivity index (χ1n) is 5.64. The maximum absolute atomic E-state index is 5.65. The minimum absolute atomic E-state index is 0.433. The number of hydrogen-bond donors (Lipinski definition) is 1. The van der Waals surface area contributed by atoms with Crippen LogP contribution in [0, 0.1) is 0 Å². The molecule has 0 saturated heterocycles. The Labute approximate surface area is 91.0 Å². The van der Waals surface area contributed by atoms with Gasteiger partial charge in [-0.15, -0.1) is 6.58 Å². The summed E-state index contributed by atoms with van der Waals surface area (Å²) in [4.78, 5) is 4.15. The molecule has 4 heteroatoms. The van der Waals surface area contributed by atoms with Gasteiger partial charge in [-0.1, -0.05) is 6.08 Å². The van der Waals surface area contributed by atoms with E-state index >= 15 is 0 Å². The average molecular weight is 209 g/mol. The largest absolute Gasteiger partial charge is 0.374 e. The molecule has 1 saturated carbocycles. The lowest BCUT2D eigenvalue weighted by molar-refractivity contribution is 0.0185. The molecule has 1 heterocycles. The molecule has 0 aromatic carbocycles. The van der Waals surface area contributed by atoms with E-state index in [9.17, 15) is 0 Å². The average Bonchev–Trinajstić information content (AvgIpc) is 2.80. The third-order valence-corrected chi connectivity index (χ3v) is 3.08. The first kappa shape index (κ1) is 10.6. The van der Waals surface area contributed by atoms with E-state index in [0.717, 1.165) is 19.5 Å². The van der Waals surface area contributed by atoms with Crippen LogP contribution >= 0.6 is 0 Å². The smallest absolute Gasteiger partial charge is 0.110 e. The minimum atomic E-state index is 0.433. The van der Waals surface area contributed by atoms with Gasteiger partial charge in [-0.3, -0.25) is 4.99 Å². The van der Waals surface area contributed by atoms with Gasteiger partial charge in [0.25, 0.3) is 0 Å². The number of hydrazine groups is 1. The van der Waals surface area contributed by atoms with Gasteiger partial charge in [0.1, 0.15) is 6.67 Å². The van der Waals surface area contributed by atoms with Gasteiger partial charge < -0.3 is 10.2 Å². The summed E-state index contributed by atoms with van der Waals surface area (Å²) in [6, 6.07) is 0.621. The molecule has 1 N–H and O–H groups in total. The SMILES string of the molecule is C=CCOC1CCC(N2CN=CN2)CC1. The summed E-state index contributed by atoms with van der Waals surface area (Å²) < 4.78 is 5.65. The number of nitrogens with zero attached hydrogens (tertiary/aromatic N) is 2. The molecule has 0 aromatic rings. The molecule has 0 bridgehead atoms. The van der Waals surface area contributed by atoms with Crippen LogP contribution in [0.4, 0.5) is 0 Å². The first-order chi connectivity index (χ1) is 7.40. The molecule has 84 valence electrons. The third kappa shape index (κ3) is 2.79. The van der Waals surface area contributed by atoms with Crippen molar-refractivity contribution in [1.82, 2.24) is 10.4 Å². The molecule has 0 atom stereocenters. The van der Waals surface area contributed by atoms with E-state index in [0.29, 0.717) is 18.8 Å². The molecule has 1 aliphatic carbocycles. The summed E-state index contributed by atoms with van der Waals surface area (Å²) >= 11 is 0. The van der Waals surface area contributed by atoms with Gasteiger partial charge in [0.05, 0.1) is 19.0 Å². The van der Waals surface area contributed by atoms with E-state index in [1.165, 1.54) is 12.8 Å². The summed E-state index contributed by atoms with van der Waals surface area (Å²) in [5.74, 6) is 0. The van der Waals surface area contributed by atoms with Crippen molar-refractivity contribution in [3.8, 4) is 0 Å². The van der Waals surface area contributed by atoms with E-state index in [2.05, 4.69) is 22.0 Å². The summed E-state index contributed by atoms with van der Waals surface area (Å²) in [5.41, 5.74) is 3.17. The van der Waals surface area contributed by atoms with Crippen molar-refractivity contribution in [3.05, 3.63) is 12.7 Å². The van der Waals surface area contributed by atoms with Crippen LogP contribution in [0.5, 0.6) is 0 Å². The monoisotopic (exact) mass is 209 g/mol. The van der Waals surface area contributed by atoms with Crippen LogP contribution in [0.1, 0.15) is 25.7 Å². The Balaban J connectivity index is 1.69. The number of aliphatic imine (C=N–C) groups is 1. The maximum Gasteiger partial charge on any atom is 0.110 e. The van der Waals surface area contributed by atoms with Crippen LogP contribution in [0.15, 0.2) is 17.6 Å². The highest BCUT2D eigenvalue weighted by Gasteiger charge is 2.26. The first-order valence-corrected chi connectivity index (χ1v) is 5.64. The summed E-state index contributed by atoms with van der Waals surface area (Å²) in [6.45, 7) is 5.14. The molecule has 2 aliphatic rings. The highest BCUT2D eigenvalue weighted by Crippen LogP contribution is 2.24. The highest BCUT2D eigenvalue weighted by molar-refractivity contribution is 5.55. The van der Waals surface area contributed by atoms with Gasteiger partial charge in [0.15, 0.2) is 0 Å². The number of ether oxygens (including phenoxy) is 1. The molecular formula is C11H19N3O. The Morgan fingerprint density at radius 1 is 1.47 bits per heavy atom. The zero-order valence-corrected chi connectivity index (χ0v) is 9.06. The van der Waals surface area contributed by atoms with Crippen molar-refractivity contribution in [1.29, 1.82) is 0 Å². The predicted octanol–water partition coefficient (Wildman–Crippen LogP) is 1.31. The van der Waals surface area contributed by atoms with Crippen molar-refractivity contribution >= 4 is 6.34 Å². The van der Waals surface area contributed by atoms with Crippen LogP contribution in [0.3, 0.4) is 0 Å². The van der Waals surface area contributed by atoms with Crippen molar-refractivity contribution in [2.24, 2.45) is 4.99 Å². The van der Waals surface area contributed by atoms with E-state index in [-0.39, 0.29) is 0 Å². The fraction of sp³-hybridized carbons (Fsp3) is 0.727. The van der Waals surface area contributed by atoms with Gasteiger partial charge >= 0.3 is 0 Å². The second kappa shape index (κ2) is 5.28. The molecule has 0 spiro atoms. The molecule has 2 rings (SSSR count). The number of rotatable bonds is 4. The summed E-state index contributed by atoms with van der Waals surface area (Å²) in [5, 5.41) is 2.21. The van der Waals surface area contributed by atoms with Crippen LogP contribution in [-0.4, -0.2) is 36.8 Å². The van der Waals surface area contributed by atoms with E-state index in [1.54, 1.807) is 6.34 Å². The Hall–Kier alpha value is -0.870. The van der Waals surface area contributed by atoms with Crippen LogP contribution in [-0.2, 0) is 4.74 Å². The van der Waals surface area contributed by atoms with Gasteiger partial charge in [-0.05, 0) is 25.7 Å². The zero-order chi connectivity index (χ0) is 10.5. The number of nitrogens with one attached hydrogen (secondary N) is 1. The lowest BCUT2D eigenvalue weighted by Crippen LogP contribution is -2.44. The van der Waals surface area contributed by atoms with Crippen molar-refractivity contribution < 1.29 is 4.74 Å². The number of hydrogen-bond acceptors (Lipinski definition) is 4. The Morgan fingerprint density at radius 2 is 2.27 bits per heavy atom. The Morgan fingerprint density at radius 3 is 2.87 bits per heavy atom. The van der Waals surface area contributed by atoms with Crippen molar-refractivity contribution in [3.63, 3.8) is 0 Å². The molecular weight excluding hydrogens is 190 g/mol. The van der Waals surface area contributed by atoms with E-state index in [1.807, 2.05) is 6.08 Å². The normalized spacial score (nSPS) is 31.5. The molecule has 1 fully saturated rings. The standard InChI is InChI=1S/C11H19N3O/c1-2-7-15-11-5-3-10(4-6-11)14-9-12-8-13-14/h2,8,10-11H,1,3-7,9H2,(H,12,13). The fourth-order valence-electron chi connectivity index (χ4n) is 2.23. The van der Waals surface area contributed by atoms with Crippen LogP contribution in [0.25, 0.3) is 0 Å². The Bertz CT molecular complexity index is 226. The Kier molecular flexibility index (Phi) is 3.75. The lowest BCUT2D eigenvalue weighted by Gasteiger charge is -2.33. The molecule has 0 amide bonds. The highest BCUT2D eigenvalue weighted by atomic mass is 16.5. The van der Waals surface area contributed by atoms with E-state index in [4.69, 9.17) is 4.74 Å². The quantitative estimate of drug-likeness (QED) is 0.709. The lowest BCUT2D eigenvalue weighted by atomic mass is 9.92. The van der Waals surface area contributed by atoms with Gasteiger partial charge in [-0.2, -0.15) is 5.01 Å². The molecule has 15 heavy (non-hydrogen) atoms. The predicted molar refractivity (Wildman–Crippen MR) is 60.5 cm³/mol. The van der Waals surface area contributed by atoms with Gasteiger partial charge in [0, 0.05) is 6.04 Å². The second-order valence-electron chi connectivity index (χ2n) is 4.10. The molecule has 4 nitrogen and oxygen atoms in total. The van der Waals surface area contributed by atoms with Crippen LogP contribution in [0.2, 0.25) is 0 Å². The zero-order valence-electron chi connectivity index (χ0n) is 9.06. The summed E-state index contributed by atoms with van der Waals surface area (Å²) in [6.07, 6.45) is 8.72. The van der Waals surface area contributed by atoms with Crippen molar-refractivity contribution in [2.75, 3.05) is 13.3 Å². The van der Waals surface area contributed by atoms with E-state index < -0.39 is 0 Å². The molecule has 0 unspecified atom stereocenters.